The van der Waals surface area contributed by atoms with E-state index in [2.05, 4.69) is 20.7 Å². The van der Waals surface area contributed by atoms with Crippen molar-refractivity contribution in [3.63, 3.8) is 0 Å². The molecule has 0 aliphatic heterocycles. The van der Waals surface area contributed by atoms with E-state index in [1.807, 2.05) is 0 Å². The van der Waals surface area contributed by atoms with Crippen molar-refractivity contribution in [1.29, 1.82) is 0 Å². The molecule has 3 N–H and O–H groups in total. The van der Waals surface area contributed by atoms with Gasteiger partial charge in [0.05, 0.1) is 11.2 Å². The molecule has 0 bridgehead atoms. The Balaban J connectivity index is 2.10. The Kier molecular flexibility index (Phi) is 3.69. The number of rotatable bonds is 3. The lowest BCUT2D eigenvalue weighted by atomic mass is 10.2. The van der Waals surface area contributed by atoms with Crippen LogP contribution in [0, 0.1) is 6.92 Å². The molecule has 2 aromatic rings. The molecule has 0 saturated carbocycles. The summed E-state index contributed by atoms with van der Waals surface area (Å²) in [6.07, 6.45) is 1.54. The third-order valence-electron chi connectivity index (χ3n) is 2.20. The van der Waals surface area contributed by atoms with Crippen molar-refractivity contribution in [1.82, 2.24) is 14.9 Å². The molecular formula is C10H10Cl2N6. The summed E-state index contributed by atoms with van der Waals surface area (Å²) in [5.74, 6) is 6.57. The minimum Gasteiger partial charge on any atom is -0.335 e. The maximum absolute atomic E-state index is 5.99. The van der Waals surface area contributed by atoms with E-state index in [1.54, 1.807) is 31.3 Å². The summed E-state index contributed by atoms with van der Waals surface area (Å²) in [7, 11) is 0. The predicted molar refractivity (Wildman–Crippen MR) is 72.6 cm³/mol. The fraction of sp³-hybridized carbons (Fsp3) is 0.100. The summed E-state index contributed by atoms with van der Waals surface area (Å²) in [5, 5.41) is 12.6. The first-order chi connectivity index (χ1) is 8.58. The van der Waals surface area contributed by atoms with Crippen LogP contribution < -0.4 is 11.3 Å². The van der Waals surface area contributed by atoms with Gasteiger partial charge in [-0.1, -0.05) is 29.3 Å². The van der Waals surface area contributed by atoms with Gasteiger partial charge in [-0.05, 0) is 19.1 Å². The number of anilines is 1. The quantitative estimate of drug-likeness (QED) is 0.514. The fourth-order valence-corrected chi connectivity index (χ4v) is 1.67. The van der Waals surface area contributed by atoms with Crippen LogP contribution in [-0.2, 0) is 0 Å². The second-order valence-corrected chi connectivity index (χ2v) is 4.32. The van der Waals surface area contributed by atoms with Gasteiger partial charge in [-0.15, -0.1) is 10.2 Å². The van der Waals surface area contributed by atoms with E-state index in [1.165, 1.54) is 4.68 Å². The van der Waals surface area contributed by atoms with Crippen LogP contribution in [0.4, 0.5) is 5.95 Å². The molecule has 0 atom stereocenters. The molecule has 2 rings (SSSR count). The highest BCUT2D eigenvalue weighted by Gasteiger charge is 2.03. The Morgan fingerprint density at radius 1 is 1.39 bits per heavy atom. The van der Waals surface area contributed by atoms with Gasteiger partial charge in [0, 0.05) is 10.6 Å². The van der Waals surface area contributed by atoms with Crippen molar-refractivity contribution in [2.24, 2.45) is 5.10 Å². The average Bonchev–Trinajstić information content (AvgIpc) is 2.64. The van der Waals surface area contributed by atoms with Crippen LogP contribution in [-0.4, -0.2) is 21.1 Å². The molecule has 1 aromatic heterocycles. The number of nitrogens with one attached hydrogen (secondary N) is 1. The number of nitrogen functional groups attached to an aromatic ring is 1. The van der Waals surface area contributed by atoms with Crippen molar-refractivity contribution in [3.05, 3.63) is 39.6 Å². The Labute approximate surface area is 113 Å². The number of aromatic nitrogens is 3. The highest BCUT2D eigenvalue weighted by Crippen LogP contribution is 2.19. The molecule has 0 amide bonds. The monoisotopic (exact) mass is 284 g/mol. The summed E-state index contributed by atoms with van der Waals surface area (Å²) < 4.78 is 1.29. The number of aryl methyl sites for hydroxylation is 1. The molecule has 0 radical (unpaired) electrons. The van der Waals surface area contributed by atoms with Crippen molar-refractivity contribution in [2.75, 3.05) is 11.3 Å². The summed E-state index contributed by atoms with van der Waals surface area (Å²) in [5.41, 5.74) is 3.40. The molecule has 0 spiro atoms. The molecular weight excluding hydrogens is 275 g/mol. The van der Waals surface area contributed by atoms with Crippen molar-refractivity contribution in [2.45, 2.75) is 6.92 Å². The summed E-state index contributed by atoms with van der Waals surface area (Å²) in [4.78, 5) is 0. The second-order valence-electron chi connectivity index (χ2n) is 3.48. The molecule has 6 nitrogen and oxygen atoms in total. The van der Waals surface area contributed by atoms with Gasteiger partial charge in [0.15, 0.2) is 5.82 Å². The van der Waals surface area contributed by atoms with Crippen molar-refractivity contribution in [3.8, 4) is 0 Å². The molecule has 0 fully saturated rings. The lowest BCUT2D eigenvalue weighted by Crippen LogP contribution is -2.13. The minimum absolute atomic E-state index is 0.342. The largest absolute Gasteiger partial charge is 0.335 e. The first-order valence-electron chi connectivity index (χ1n) is 4.99. The average molecular weight is 285 g/mol. The Bertz CT molecular complexity index is 592. The molecule has 18 heavy (non-hydrogen) atoms. The number of benzene rings is 1. The standard InChI is InChI=1S/C10H10Cl2N6/c1-6-15-17-10(18(6)13)16-14-5-7-2-3-8(11)4-9(7)12/h2-5H,13H2,1H3,(H,16,17). The van der Waals surface area contributed by atoms with E-state index in [-0.39, 0.29) is 0 Å². The third-order valence-corrected chi connectivity index (χ3v) is 2.76. The van der Waals surface area contributed by atoms with Crippen molar-refractivity contribution >= 4 is 35.4 Å². The lowest BCUT2D eigenvalue weighted by Gasteiger charge is -2.00. The van der Waals surface area contributed by atoms with Crippen LogP contribution in [0.3, 0.4) is 0 Å². The first-order valence-corrected chi connectivity index (χ1v) is 5.75. The highest BCUT2D eigenvalue weighted by atomic mass is 35.5. The van der Waals surface area contributed by atoms with Crippen LogP contribution in [0.15, 0.2) is 23.3 Å². The maximum atomic E-state index is 5.99. The predicted octanol–water partition coefficient (Wildman–Crippen LogP) is 2.05. The first kappa shape index (κ1) is 12.7. The van der Waals surface area contributed by atoms with Gasteiger partial charge in [0.2, 0.25) is 0 Å². The number of nitrogens with two attached hydrogens (primary N) is 1. The smallest absolute Gasteiger partial charge is 0.263 e. The van der Waals surface area contributed by atoms with Gasteiger partial charge in [0.1, 0.15) is 0 Å². The number of nitrogens with zero attached hydrogens (tertiary/aromatic N) is 4. The molecule has 1 heterocycles. The number of hydrogen-bond acceptors (Lipinski definition) is 5. The minimum atomic E-state index is 0.342. The van der Waals surface area contributed by atoms with Crippen molar-refractivity contribution < 1.29 is 0 Å². The molecule has 0 aliphatic rings. The fourth-order valence-electron chi connectivity index (χ4n) is 1.21. The third kappa shape index (κ3) is 2.72. The Hall–Kier alpha value is -1.79. The van der Waals surface area contributed by atoms with Crippen LogP contribution in [0.2, 0.25) is 10.0 Å². The Morgan fingerprint density at radius 3 is 2.78 bits per heavy atom. The lowest BCUT2D eigenvalue weighted by molar-refractivity contribution is 0.926. The molecule has 1 aromatic carbocycles. The topological polar surface area (TPSA) is 81.1 Å². The highest BCUT2D eigenvalue weighted by molar-refractivity contribution is 6.36. The van der Waals surface area contributed by atoms with Crippen LogP contribution in [0.1, 0.15) is 11.4 Å². The van der Waals surface area contributed by atoms with E-state index in [0.29, 0.717) is 21.8 Å². The van der Waals surface area contributed by atoms with Gasteiger partial charge in [-0.3, -0.25) is 0 Å². The zero-order valence-electron chi connectivity index (χ0n) is 9.43. The van der Waals surface area contributed by atoms with Crippen LogP contribution in [0.5, 0.6) is 0 Å². The SMILES string of the molecule is Cc1nnc(NN=Cc2ccc(Cl)cc2Cl)n1N. The maximum Gasteiger partial charge on any atom is 0.263 e. The van der Waals surface area contributed by atoms with E-state index in [9.17, 15) is 0 Å². The summed E-state index contributed by atoms with van der Waals surface area (Å²) in [6, 6.07) is 5.12. The summed E-state index contributed by atoms with van der Waals surface area (Å²) in [6.45, 7) is 1.73. The van der Waals surface area contributed by atoms with E-state index < -0.39 is 0 Å². The molecule has 0 aliphatic carbocycles. The molecule has 0 unspecified atom stereocenters. The zero-order valence-corrected chi connectivity index (χ0v) is 10.9. The van der Waals surface area contributed by atoms with Gasteiger partial charge in [-0.2, -0.15) is 5.10 Å². The van der Waals surface area contributed by atoms with E-state index >= 15 is 0 Å². The van der Waals surface area contributed by atoms with Gasteiger partial charge in [-0.25, -0.2) is 10.1 Å². The van der Waals surface area contributed by atoms with Crippen LogP contribution in [0.25, 0.3) is 0 Å². The molecule has 94 valence electrons. The number of hydrazone groups is 1. The van der Waals surface area contributed by atoms with Gasteiger partial charge < -0.3 is 5.84 Å². The normalized spacial score (nSPS) is 11.1. The van der Waals surface area contributed by atoms with Gasteiger partial charge >= 0.3 is 0 Å². The van der Waals surface area contributed by atoms with Crippen LogP contribution >= 0.6 is 23.2 Å². The Morgan fingerprint density at radius 2 is 2.17 bits per heavy atom. The number of halogens is 2. The van der Waals surface area contributed by atoms with E-state index in [0.717, 1.165) is 5.56 Å². The molecule has 8 heteroatoms. The van der Waals surface area contributed by atoms with E-state index in [4.69, 9.17) is 29.0 Å². The molecule has 0 saturated heterocycles. The zero-order chi connectivity index (χ0) is 13.1. The number of hydrogen-bond donors (Lipinski definition) is 2. The van der Waals surface area contributed by atoms with Gasteiger partial charge in [0.25, 0.3) is 5.95 Å². The summed E-state index contributed by atoms with van der Waals surface area (Å²) >= 11 is 11.8. The second kappa shape index (κ2) is 5.24.